The highest BCUT2D eigenvalue weighted by Crippen LogP contribution is 2.29. The van der Waals surface area contributed by atoms with Crippen LogP contribution in [-0.4, -0.2) is 26.0 Å². The van der Waals surface area contributed by atoms with Crippen molar-refractivity contribution in [2.75, 3.05) is 5.32 Å². The number of anilines is 1. The van der Waals surface area contributed by atoms with Crippen LogP contribution in [-0.2, 0) is 4.79 Å². The van der Waals surface area contributed by atoms with E-state index in [1.807, 2.05) is 0 Å². The van der Waals surface area contributed by atoms with Crippen LogP contribution in [0.15, 0.2) is 18.3 Å². The Bertz CT molecular complexity index is 551. The van der Waals surface area contributed by atoms with Gasteiger partial charge in [0.15, 0.2) is 5.11 Å². The molecule has 1 aromatic rings. The van der Waals surface area contributed by atoms with Gasteiger partial charge >= 0.3 is 0 Å². The average molecular weight is 432 g/mol. The maximum Gasteiger partial charge on any atom is 0.228 e. The SMILES string of the molecule is CCCCCC(=O)N[C@H](NC(=S)Nc1ccc(Cl)cn1)C(Cl)(Cl)Cl. The molecule has 0 radical (unpaired) electrons. The summed E-state index contributed by atoms with van der Waals surface area (Å²) in [7, 11) is 0. The molecule has 3 N–H and O–H groups in total. The van der Waals surface area contributed by atoms with Crippen LogP contribution in [0.3, 0.4) is 0 Å². The minimum atomic E-state index is -1.78. The Labute approximate surface area is 166 Å². The number of amides is 1. The number of hydrogen-bond acceptors (Lipinski definition) is 3. The van der Waals surface area contributed by atoms with Crippen LogP contribution in [0, 0.1) is 0 Å². The van der Waals surface area contributed by atoms with Gasteiger partial charge in [0.2, 0.25) is 9.70 Å². The smallest absolute Gasteiger partial charge is 0.228 e. The minimum absolute atomic E-state index is 0.148. The molecule has 0 aliphatic carbocycles. The van der Waals surface area contributed by atoms with Gasteiger partial charge in [0.1, 0.15) is 12.0 Å². The second kappa shape index (κ2) is 10.5. The van der Waals surface area contributed by atoms with E-state index in [0.717, 1.165) is 19.3 Å². The van der Waals surface area contributed by atoms with E-state index in [0.29, 0.717) is 17.3 Å². The van der Waals surface area contributed by atoms with Crippen molar-refractivity contribution in [3.05, 3.63) is 23.4 Å². The molecule has 0 bridgehead atoms. The molecule has 0 spiro atoms. The van der Waals surface area contributed by atoms with E-state index in [1.165, 1.54) is 6.20 Å². The first-order valence-corrected chi connectivity index (χ1v) is 9.19. The molecule has 134 valence electrons. The van der Waals surface area contributed by atoms with Crippen molar-refractivity contribution in [1.29, 1.82) is 0 Å². The van der Waals surface area contributed by atoms with Crippen molar-refractivity contribution in [3.63, 3.8) is 0 Å². The van der Waals surface area contributed by atoms with Gasteiger partial charge in [-0.3, -0.25) is 4.79 Å². The summed E-state index contributed by atoms with van der Waals surface area (Å²) in [6.07, 6.45) is 3.58. The molecule has 0 fully saturated rings. The van der Waals surface area contributed by atoms with E-state index in [9.17, 15) is 4.79 Å². The van der Waals surface area contributed by atoms with Gasteiger partial charge in [-0.2, -0.15) is 0 Å². The third-order valence-corrected chi connectivity index (χ3v) is 3.98. The van der Waals surface area contributed by atoms with Crippen molar-refractivity contribution in [3.8, 4) is 0 Å². The highest BCUT2D eigenvalue weighted by Gasteiger charge is 2.34. The van der Waals surface area contributed by atoms with Crippen molar-refractivity contribution < 1.29 is 4.79 Å². The van der Waals surface area contributed by atoms with Crippen molar-refractivity contribution in [1.82, 2.24) is 15.6 Å². The topological polar surface area (TPSA) is 66.1 Å². The molecule has 0 saturated carbocycles. The normalized spacial score (nSPS) is 12.4. The van der Waals surface area contributed by atoms with E-state index in [4.69, 9.17) is 58.6 Å². The third kappa shape index (κ3) is 8.53. The van der Waals surface area contributed by atoms with Gasteiger partial charge in [-0.1, -0.05) is 66.2 Å². The Morgan fingerprint density at radius 1 is 1.29 bits per heavy atom. The Hall–Kier alpha value is -0.530. The van der Waals surface area contributed by atoms with Crippen LogP contribution in [0.25, 0.3) is 0 Å². The van der Waals surface area contributed by atoms with Crippen LogP contribution in [0.4, 0.5) is 5.82 Å². The fourth-order valence-corrected chi connectivity index (χ4v) is 2.36. The van der Waals surface area contributed by atoms with Crippen molar-refractivity contribution in [2.24, 2.45) is 0 Å². The van der Waals surface area contributed by atoms with E-state index >= 15 is 0 Å². The van der Waals surface area contributed by atoms with E-state index < -0.39 is 9.96 Å². The molecule has 1 atom stereocenters. The molecule has 5 nitrogen and oxygen atoms in total. The molecule has 0 saturated heterocycles. The van der Waals surface area contributed by atoms with Crippen LogP contribution in [0.2, 0.25) is 5.02 Å². The number of carbonyl (C=O) groups excluding carboxylic acids is 1. The number of aromatic nitrogens is 1. The summed E-state index contributed by atoms with van der Waals surface area (Å²) in [4.78, 5) is 16.0. The standard InChI is InChI=1S/C14H18Cl4N4OS/c1-2-3-4-5-11(23)21-12(14(16,17)18)22-13(24)20-10-7-6-9(15)8-19-10/h6-8,12H,2-5H2,1H3,(H,21,23)(H2,19,20,22,24)/t12-/m1/s1. The summed E-state index contributed by atoms with van der Waals surface area (Å²) in [5.41, 5.74) is 0. The lowest BCUT2D eigenvalue weighted by Crippen LogP contribution is -2.56. The molecular formula is C14H18Cl4N4OS. The number of rotatable bonds is 7. The number of hydrogen-bond donors (Lipinski definition) is 3. The lowest BCUT2D eigenvalue weighted by molar-refractivity contribution is -0.122. The van der Waals surface area contributed by atoms with Crippen molar-refractivity contribution in [2.45, 2.75) is 42.6 Å². The quantitative estimate of drug-likeness (QED) is 0.258. The first-order valence-electron chi connectivity index (χ1n) is 7.27. The Kier molecular flexibility index (Phi) is 9.37. The van der Waals surface area contributed by atoms with Gasteiger partial charge in [-0.25, -0.2) is 4.98 Å². The summed E-state index contributed by atoms with van der Waals surface area (Å²) in [5.74, 6) is 0.244. The van der Waals surface area contributed by atoms with Crippen LogP contribution < -0.4 is 16.0 Å². The van der Waals surface area contributed by atoms with Crippen LogP contribution in [0.1, 0.15) is 32.6 Å². The van der Waals surface area contributed by atoms with E-state index in [-0.39, 0.29) is 11.0 Å². The highest BCUT2D eigenvalue weighted by molar-refractivity contribution is 7.80. The molecule has 1 aromatic heterocycles. The zero-order valence-corrected chi connectivity index (χ0v) is 16.8. The molecule has 1 rings (SSSR count). The first kappa shape index (κ1) is 21.5. The number of nitrogens with one attached hydrogen (secondary N) is 3. The highest BCUT2D eigenvalue weighted by atomic mass is 35.6. The number of carbonyl (C=O) groups is 1. The lowest BCUT2D eigenvalue weighted by Gasteiger charge is -2.27. The van der Waals surface area contributed by atoms with Gasteiger partial charge in [0, 0.05) is 12.6 Å². The number of alkyl halides is 3. The molecule has 0 aromatic carbocycles. The van der Waals surface area contributed by atoms with Gasteiger partial charge < -0.3 is 16.0 Å². The summed E-state index contributed by atoms with van der Waals surface area (Å²) in [5, 5.41) is 8.85. The first-order chi connectivity index (χ1) is 11.2. The van der Waals surface area contributed by atoms with Gasteiger partial charge in [-0.05, 0) is 30.8 Å². The summed E-state index contributed by atoms with van der Waals surface area (Å²) < 4.78 is -1.78. The molecule has 0 aliphatic heterocycles. The van der Waals surface area contributed by atoms with Gasteiger partial charge in [0.25, 0.3) is 0 Å². The fraction of sp³-hybridized carbons (Fsp3) is 0.500. The predicted octanol–water partition coefficient (Wildman–Crippen LogP) is 4.41. The summed E-state index contributed by atoms with van der Waals surface area (Å²) >= 11 is 28.6. The number of pyridine rings is 1. The van der Waals surface area contributed by atoms with E-state index in [2.05, 4.69) is 27.9 Å². The van der Waals surface area contributed by atoms with Crippen LogP contribution in [0.5, 0.6) is 0 Å². The maximum absolute atomic E-state index is 11.9. The molecule has 24 heavy (non-hydrogen) atoms. The zero-order chi connectivity index (χ0) is 18.2. The molecular weight excluding hydrogens is 414 g/mol. The van der Waals surface area contributed by atoms with Gasteiger partial charge in [0.05, 0.1) is 5.02 Å². The molecule has 10 heteroatoms. The number of thiocarbonyl (C=S) groups is 1. The maximum atomic E-state index is 11.9. The van der Waals surface area contributed by atoms with E-state index in [1.54, 1.807) is 12.1 Å². The number of unbranched alkanes of at least 4 members (excludes halogenated alkanes) is 2. The summed E-state index contributed by atoms with van der Waals surface area (Å²) in [6.45, 7) is 2.05. The van der Waals surface area contributed by atoms with Crippen molar-refractivity contribution >= 4 is 75.5 Å². The predicted molar refractivity (Wildman–Crippen MR) is 105 cm³/mol. The molecule has 1 amide bonds. The lowest BCUT2D eigenvalue weighted by atomic mass is 10.2. The third-order valence-electron chi connectivity index (χ3n) is 2.88. The van der Waals surface area contributed by atoms with Crippen LogP contribution >= 0.6 is 58.6 Å². The Balaban J connectivity index is 2.60. The molecule has 1 heterocycles. The van der Waals surface area contributed by atoms with Gasteiger partial charge in [-0.15, -0.1) is 0 Å². The summed E-state index contributed by atoms with van der Waals surface area (Å²) in [6, 6.07) is 3.30. The second-order valence-corrected chi connectivity index (χ2v) is 8.17. The number of halogens is 4. The average Bonchev–Trinajstić information content (AvgIpc) is 2.48. The monoisotopic (exact) mass is 430 g/mol. The fourth-order valence-electron chi connectivity index (χ4n) is 1.70. The Morgan fingerprint density at radius 3 is 2.54 bits per heavy atom. The second-order valence-electron chi connectivity index (χ2n) is 4.96. The molecule has 0 aliphatic rings. The zero-order valence-electron chi connectivity index (χ0n) is 12.9. The molecule has 0 unspecified atom stereocenters. The largest absolute Gasteiger partial charge is 0.339 e. The minimum Gasteiger partial charge on any atom is -0.339 e. The Morgan fingerprint density at radius 2 is 2.00 bits per heavy atom. The number of nitrogens with zero attached hydrogens (tertiary/aromatic N) is 1.